The molecule has 10 heteroatoms. The monoisotopic (exact) mass is 342 g/mol. The van der Waals surface area contributed by atoms with Crippen LogP contribution in [0.2, 0.25) is 0 Å². The van der Waals surface area contributed by atoms with Crippen LogP contribution in [0.5, 0.6) is 0 Å². The van der Waals surface area contributed by atoms with Crippen LogP contribution < -0.4 is 0 Å². The maximum absolute atomic E-state index is 9.95. The second-order valence-corrected chi connectivity index (χ2v) is 5.78. The summed E-state index contributed by atoms with van der Waals surface area (Å²) >= 11 is 0. The molecule has 0 radical (unpaired) electrons. The lowest BCUT2D eigenvalue weighted by molar-refractivity contribution is -0.226. The Morgan fingerprint density at radius 2 is 1.39 bits per heavy atom. The van der Waals surface area contributed by atoms with E-state index in [1.165, 1.54) is 0 Å². The van der Waals surface area contributed by atoms with Crippen molar-refractivity contribution in [1.82, 2.24) is 0 Å². The molecule has 0 aromatic rings. The summed E-state index contributed by atoms with van der Waals surface area (Å²) in [6, 6.07) is 0. The average molecular weight is 342 g/mol. The Morgan fingerprint density at radius 1 is 0.826 bits per heavy atom. The van der Waals surface area contributed by atoms with Gasteiger partial charge in [0.25, 0.3) is 0 Å². The Labute approximate surface area is 132 Å². The van der Waals surface area contributed by atoms with E-state index in [1.807, 2.05) is 0 Å². The summed E-state index contributed by atoms with van der Waals surface area (Å²) in [6.45, 7) is -2.13. The van der Waals surface area contributed by atoms with E-state index >= 15 is 0 Å². The van der Waals surface area contributed by atoms with E-state index in [0.717, 1.165) is 0 Å². The van der Waals surface area contributed by atoms with E-state index in [4.69, 9.17) is 14.9 Å². The van der Waals surface area contributed by atoms with Crippen molar-refractivity contribution in [2.75, 3.05) is 19.8 Å². The summed E-state index contributed by atoms with van der Waals surface area (Å²) < 4.78 is 5.33. The minimum Gasteiger partial charge on any atom is -0.396 e. The van der Waals surface area contributed by atoms with Gasteiger partial charge in [0.15, 0.2) is 0 Å². The van der Waals surface area contributed by atoms with Crippen LogP contribution in [0.25, 0.3) is 0 Å². The zero-order valence-electron chi connectivity index (χ0n) is 12.5. The van der Waals surface area contributed by atoms with E-state index in [2.05, 4.69) is 0 Å². The van der Waals surface area contributed by atoms with Gasteiger partial charge >= 0.3 is 0 Å². The predicted molar refractivity (Wildman–Crippen MR) is 74.1 cm³/mol. The molecule has 1 saturated carbocycles. The number of aliphatic hydroxyl groups is 9. The lowest BCUT2D eigenvalue weighted by Crippen LogP contribution is -2.58. The van der Waals surface area contributed by atoms with E-state index in [1.54, 1.807) is 0 Å². The van der Waals surface area contributed by atoms with Gasteiger partial charge in [0.05, 0.1) is 25.4 Å². The lowest BCUT2D eigenvalue weighted by Gasteiger charge is -2.42. The summed E-state index contributed by atoms with van der Waals surface area (Å²) in [5, 5.41) is 85.6. The van der Waals surface area contributed by atoms with Crippen molar-refractivity contribution < 1.29 is 50.7 Å². The van der Waals surface area contributed by atoms with Crippen LogP contribution in [0.3, 0.4) is 0 Å². The van der Waals surface area contributed by atoms with Crippen LogP contribution in [0.4, 0.5) is 0 Å². The van der Waals surface area contributed by atoms with Crippen LogP contribution in [0.1, 0.15) is 6.42 Å². The first-order valence-electron chi connectivity index (χ1n) is 7.34. The first-order valence-corrected chi connectivity index (χ1v) is 7.34. The summed E-state index contributed by atoms with van der Waals surface area (Å²) in [7, 11) is 0. The van der Waals surface area contributed by atoms with E-state index in [0.29, 0.717) is 0 Å². The molecule has 0 unspecified atom stereocenters. The summed E-state index contributed by atoms with van der Waals surface area (Å²) in [4.78, 5) is 0. The van der Waals surface area contributed by atoms with Crippen molar-refractivity contribution in [2.24, 2.45) is 5.92 Å². The van der Waals surface area contributed by atoms with Crippen molar-refractivity contribution in [3.8, 4) is 0 Å². The second kappa shape index (κ2) is 9.18. The summed E-state index contributed by atoms with van der Waals surface area (Å²) in [6.07, 6.45) is -12.5. The topological polar surface area (TPSA) is 191 Å². The number of hydrogen-bond acceptors (Lipinski definition) is 10. The molecule has 9 atom stereocenters. The number of ether oxygens (including phenoxy) is 1. The molecule has 138 valence electrons. The van der Waals surface area contributed by atoms with Gasteiger partial charge in [-0.05, 0) is 6.42 Å². The standard InChI is InChI=1S/C13H26O10/c14-2-5-1-8(11(21)12(22)9(5)19)23-13(7(18)4-16)10(20)6(17)3-15/h5-22H,1-4H2/t5-,6+,7-,8+,9-,10-,11+,12+,13-/m1/s1. The fourth-order valence-electron chi connectivity index (χ4n) is 2.63. The van der Waals surface area contributed by atoms with Gasteiger partial charge < -0.3 is 50.7 Å². The highest BCUT2D eigenvalue weighted by atomic mass is 16.5. The molecule has 9 N–H and O–H groups in total. The molecule has 0 aromatic carbocycles. The normalized spacial score (nSPS) is 37.2. The third-order valence-corrected chi connectivity index (χ3v) is 4.15. The molecule has 0 amide bonds. The first-order chi connectivity index (χ1) is 10.8. The number of aliphatic hydroxyl groups excluding tert-OH is 9. The minimum absolute atomic E-state index is 0.0908. The smallest absolute Gasteiger partial charge is 0.115 e. The van der Waals surface area contributed by atoms with Crippen molar-refractivity contribution in [3.05, 3.63) is 0 Å². The maximum Gasteiger partial charge on any atom is 0.115 e. The number of rotatable bonds is 8. The van der Waals surface area contributed by atoms with Crippen molar-refractivity contribution in [3.63, 3.8) is 0 Å². The molecule has 10 nitrogen and oxygen atoms in total. The molecule has 1 aliphatic carbocycles. The van der Waals surface area contributed by atoms with E-state index in [9.17, 15) is 35.7 Å². The van der Waals surface area contributed by atoms with Crippen molar-refractivity contribution >= 4 is 0 Å². The fraction of sp³-hybridized carbons (Fsp3) is 1.00. The zero-order valence-corrected chi connectivity index (χ0v) is 12.5. The van der Waals surface area contributed by atoms with E-state index in [-0.39, 0.29) is 6.42 Å². The van der Waals surface area contributed by atoms with Gasteiger partial charge in [0.2, 0.25) is 0 Å². The Bertz CT molecular complexity index is 341. The predicted octanol–water partition coefficient (Wildman–Crippen LogP) is -5.10. The largest absolute Gasteiger partial charge is 0.396 e. The highest BCUT2D eigenvalue weighted by molar-refractivity contribution is 4.95. The van der Waals surface area contributed by atoms with Crippen LogP contribution in [-0.2, 0) is 4.74 Å². The summed E-state index contributed by atoms with van der Waals surface area (Å²) in [5.41, 5.74) is 0. The highest BCUT2D eigenvalue weighted by Gasteiger charge is 2.45. The van der Waals surface area contributed by atoms with Gasteiger partial charge in [-0.2, -0.15) is 0 Å². The van der Waals surface area contributed by atoms with Crippen LogP contribution >= 0.6 is 0 Å². The molecule has 1 aliphatic rings. The highest BCUT2D eigenvalue weighted by Crippen LogP contribution is 2.29. The molecular formula is C13H26O10. The molecule has 0 saturated heterocycles. The van der Waals surface area contributed by atoms with E-state index < -0.39 is 74.6 Å². The van der Waals surface area contributed by atoms with Gasteiger partial charge in [0.1, 0.15) is 36.6 Å². The molecule has 0 spiro atoms. The SMILES string of the molecule is OC[C@H]1C[C@H](O[C@@H]([C@H](O)[C@@H](O)CO)[C@H](O)CO)[C@H](O)[C@@H](O)[C@@H]1O. The van der Waals surface area contributed by atoms with Gasteiger partial charge in [-0.25, -0.2) is 0 Å². The fourth-order valence-corrected chi connectivity index (χ4v) is 2.63. The Balaban J connectivity index is 2.89. The molecular weight excluding hydrogens is 316 g/mol. The van der Waals surface area contributed by atoms with Crippen molar-refractivity contribution in [2.45, 2.75) is 55.3 Å². The van der Waals surface area contributed by atoms with Crippen molar-refractivity contribution in [1.29, 1.82) is 0 Å². The molecule has 1 rings (SSSR count). The van der Waals surface area contributed by atoms with Gasteiger partial charge in [-0.1, -0.05) is 0 Å². The molecule has 0 heterocycles. The van der Waals surface area contributed by atoms with Crippen LogP contribution in [-0.4, -0.2) is 115 Å². The third kappa shape index (κ3) is 4.79. The molecule has 23 heavy (non-hydrogen) atoms. The minimum atomic E-state index is -1.77. The Kier molecular flexibility index (Phi) is 8.24. The summed E-state index contributed by atoms with van der Waals surface area (Å²) in [5.74, 6) is -0.801. The average Bonchev–Trinajstić information content (AvgIpc) is 2.57. The third-order valence-electron chi connectivity index (χ3n) is 4.15. The zero-order chi connectivity index (χ0) is 17.7. The van der Waals surface area contributed by atoms with Crippen LogP contribution in [0.15, 0.2) is 0 Å². The quantitative estimate of drug-likeness (QED) is 0.206. The van der Waals surface area contributed by atoms with Crippen LogP contribution in [0, 0.1) is 5.92 Å². The van der Waals surface area contributed by atoms with Gasteiger partial charge in [-0.15, -0.1) is 0 Å². The van der Waals surface area contributed by atoms with Gasteiger partial charge in [0, 0.05) is 12.5 Å². The molecule has 0 aromatic heterocycles. The molecule has 0 aliphatic heterocycles. The maximum atomic E-state index is 9.95. The molecule has 0 bridgehead atoms. The lowest BCUT2D eigenvalue weighted by atomic mass is 9.81. The number of hydrogen-bond donors (Lipinski definition) is 9. The molecule has 1 fully saturated rings. The van der Waals surface area contributed by atoms with Gasteiger partial charge in [-0.3, -0.25) is 0 Å². The Morgan fingerprint density at radius 3 is 1.87 bits per heavy atom. The Hall–Kier alpha value is -0.400. The first kappa shape index (κ1) is 20.6. The second-order valence-electron chi connectivity index (χ2n) is 5.78.